The third kappa shape index (κ3) is 13.5. The van der Waals surface area contributed by atoms with Gasteiger partial charge in [-0.15, -0.1) is 0 Å². The summed E-state index contributed by atoms with van der Waals surface area (Å²) in [4.78, 5) is 42.3. The standard InChI is InChI=1S/3C14H15N3O2/c3*1-10-3-5-12(6-4-10)11(2)16-14-8-7-13(9-15-14)17(18)19/h3*3-9,11H,1-2H3,(H,15,16)/t3*11-/m000/s1. The third-order valence-corrected chi connectivity index (χ3v) is 8.70. The highest BCUT2D eigenvalue weighted by Gasteiger charge is 2.11. The van der Waals surface area contributed by atoms with Crippen LogP contribution in [0.15, 0.2) is 128 Å². The molecule has 15 nitrogen and oxygen atoms in total. The Morgan fingerprint density at radius 1 is 0.404 bits per heavy atom. The fourth-order valence-corrected chi connectivity index (χ4v) is 5.22. The van der Waals surface area contributed by atoms with Crippen molar-refractivity contribution >= 4 is 34.5 Å². The van der Waals surface area contributed by atoms with Gasteiger partial charge in [-0.05, 0) is 76.4 Å². The molecular formula is C42H45N9O6. The number of hydrogen-bond donors (Lipinski definition) is 3. The Hall–Kier alpha value is -7.29. The van der Waals surface area contributed by atoms with Crippen molar-refractivity contribution in [3.63, 3.8) is 0 Å². The van der Waals surface area contributed by atoms with Gasteiger partial charge in [-0.1, -0.05) is 89.5 Å². The predicted octanol–water partition coefficient (Wildman–Crippen LogP) is 10.4. The van der Waals surface area contributed by atoms with Crippen LogP contribution in [0.2, 0.25) is 0 Å². The van der Waals surface area contributed by atoms with E-state index in [1.807, 2.05) is 41.5 Å². The highest BCUT2D eigenvalue weighted by atomic mass is 16.6. The second kappa shape index (κ2) is 20.4. The average molecular weight is 772 g/mol. The summed E-state index contributed by atoms with van der Waals surface area (Å²) in [6.07, 6.45) is 3.76. The van der Waals surface area contributed by atoms with Crippen LogP contribution >= 0.6 is 0 Å². The lowest BCUT2D eigenvalue weighted by Gasteiger charge is -2.14. The summed E-state index contributed by atoms with van der Waals surface area (Å²) in [5.74, 6) is 1.87. The number of pyridine rings is 3. The largest absolute Gasteiger partial charge is 0.364 e. The van der Waals surface area contributed by atoms with Crippen LogP contribution in [0.1, 0.15) is 72.3 Å². The highest BCUT2D eigenvalue weighted by molar-refractivity contribution is 5.45. The van der Waals surface area contributed by atoms with Crippen LogP contribution in [0.3, 0.4) is 0 Å². The zero-order valence-corrected chi connectivity index (χ0v) is 32.5. The summed E-state index contributed by atoms with van der Waals surface area (Å²) in [7, 11) is 0. The molecule has 294 valence electrons. The van der Waals surface area contributed by atoms with Crippen LogP contribution in [0.5, 0.6) is 0 Å². The number of nitro groups is 3. The normalized spacial score (nSPS) is 11.9. The van der Waals surface area contributed by atoms with Crippen molar-refractivity contribution in [2.24, 2.45) is 0 Å². The molecule has 0 saturated carbocycles. The summed E-state index contributed by atoms with van der Waals surface area (Å²) in [5, 5.41) is 41.2. The number of anilines is 3. The number of nitrogens with one attached hydrogen (secondary N) is 3. The third-order valence-electron chi connectivity index (χ3n) is 8.70. The Balaban J connectivity index is 0.000000189. The molecule has 0 aliphatic rings. The van der Waals surface area contributed by atoms with E-state index in [-0.39, 0.29) is 35.2 Å². The van der Waals surface area contributed by atoms with E-state index in [0.29, 0.717) is 17.5 Å². The molecule has 0 amide bonds. The van der Waals surface area contributed by atoms with E-state index in [2.05, 4.69) is 104 Å². The van der Waals surface area contributed by atoms with Crippen molar-refractivity contribution in [1.29, 1.82) is 0 Å². The van der Waals surface area contributed by atoms with Gasteiger partial charge in [0.2, 0.25) is 0 Å². The van der Waals surface area contributed by atoms with Gasteiger partial charge in [0.05, 0.1) is 14.8 Å². The maximum Gasteiger partial charge on any atom is 0.287 e. The lowest BCUT2D eigenvalue weighted by Crippen LogP contribution is -2.07. The van der Waals surface area contributed by atoms with Crippen molar-refractivity contribution in [1.82, 2.24) is 15.0 Å². The monoisotopic (exact) mass is 771 g/mol. The number of hydrogen-bond acceptors (Lipinski definition) is 12. The number of aromatic nitrogens is 3. The van der Waals surface area contributed by atoms with Crippen molar-refractivity contribution in [2.45, 2.75) is 59.7 Å². The summed E-state index contributed by atoms with van der Waals surface area (Å²) < 4.78 is 0. The maximum atomic E-state index is 10.5. The number of nitrogens with zero attached hydrogens (tertiary/aromatic N) is 6. The van der Waals surface area contributed by atoms with Crippen molar-refractivity contribution in [2.75, 3.05) is 16.0 Å². The number of aryl methyl sites for hydroxylation is 3. The minimum absolute atomic E-state index is 0.00598. The van der Waals surface area contributed by atoms with E-state index in [1.54, 1.807) is 18.2 Å². The van der Waals surface area contributed by atoms with E-state index >= 15 is 0 Å². The second-order valence-electron chi connectivity index (χ2n) is 13.3. The van der Waals surface area contributed by atoms with Crippen LogP contribution < -0.4 is 16.0 Å². The molecule has 3 atom stereocenters. The first kappa shape index (κ1) is 42.5. The number of benzene rings is 3. The average Bonchev–Trinajstić information content (AvgIpc) is 3.19. The summed E-state index contributed by atoms with van der Waals surface area (Å²) in [6, 6.07) is 34.1. The molecule has 0 fully saturated rings. The highest BCUT2D eigenvalue weighted by Crippen LogP contribution is 2.22. The molecule has 0 unspecified atom stereocenters. The van der Waals surface area contributed by atoms with Crippen LogP contribution in [0, 0.1) is 51.1 Å². The molecule has 0 radical (unpaired) electrons. The Morgan fingerprint density at radius 3 is 0.807 bits per heavy atom. The Morgan fingerprint density at radius 2 is 0.632 bits per heavy atom. The molecule has 3 aromatic heterocycles. The van der Waals surface area contributed by atoms with E-state index in [9.17, 15) is 30.3 Å². The Labute approximate surface area is 330 Å². The van der Waals surface area contributed by atoms with Gasteiger partial charge >= 0.3 is 0 Å². The second-order valence-corrected chi connectivity index (χ2v) is 13.3. The lowest BCUT2D eigenvalue weighted by atomic mass is 10.1. The van der Waals surface area contributed by atoms with Gasteiger partial charge < -0.3 is 16.0 Å². The van der Waals surface area contributed by atoms with Gasteiger partial charge in [0.1, 0.15) is 36.0 Å². The van der Waals surface area contributed by atoms with Gasteiger partial charge in [-0.25, -0.2) is 15.0 Å². The predicted molar refractivity (Wildman–Crippen MR) is 222 cm³/mol. The first-order valence-corrected chi connectivity index (χ1v) is 18.0. The molecule has 0 aliphatic heterocycles. The molecule has 0 bridgehead atoms. The quantitative estimate of drug-likeness (QED) is 0.0785. The number of rotatable bonds is 12. The molecule has 0 spiro atoms. The van der Waals surface area contributed by atoms with E-state index in [0.717, 1.165) is 16.7 Å². The van der Waals surface area contributed by atoms with Crippen LogP contribution in [0.4, 0.5) is 34.5 Å². The summed E-state index contributed by atoms with van der Waals surface area (Å²) in [5.41, 5.74) is 7.05. The molecule has 6 rings (SSSR count). The minimum atomic E-state index is -0.458. The molecular weight excluding hydrogens is 727 g/mol. The fraction of sp³-hybridized carbons (Fsp3) is 0.214. The van der Waals surface area contributed by atoms with Crippen LogP contribution in [0.25, 0.3) is 0 Å². The summed E-state index contributed by atoms with van der Waals surface area (Å²) >= 11 is 0. The van der Waals surface area contributed by atoms with Gasteiger partial charge in [0.15, 0.2) is 0 Å². The molecule has 3 heterocycles. The zero-order valence-electron chi connectivity index (χ0n) is 32.5. The molecule has 0 saturated heterocycles. The molecule has 57 heavy (non-hydrogen) atoms. The van der Waals surface area contributed by atoms with Gasteiger partial charge in [-0.3, -0.25) is 30.3 Å². The maximum absolute atomic E-state index is 10.5. The van der Waals surface area contributed by atoms with Crippen LogP contribution in [-0.2, 0) is 0 Å². The Bertz CT molecular complexity index is 1950. The fourth-order valence-electron chi connectivity index (χ4n) is 5.22. The topological polar surface area (TPSA) is 204 Å². The van der Waals surface area contributed by atoms with Gasteiger partial charge in [0.25, 0.3) is 17.1 Å². The smallest absolute Gasteiger partial charge is 0.287 e. The van der Waals surface area contributed by atoms with Gasteiger partial charge in [-0.2, -0.15) is 0 Å². The molecule has 6 aromatic rings. The van der Waals surface area contributed by atoms with Gasteiger partial charge in [0, 0.05) is 36.3 Å². The molecule has 0 aliphatic carbocycles. The summed E-state index contributed by atoms with van der Waals surface area (Å²) in [6.45, 7) is 12.2. The molecule has 15 heteroatoms. The molecule has 3 aromatic carbocycles. The van der Waals surface area contributed by atoms with Crippen molar-refractivity contribution in [3.8, 4) is 0 Å². The van der Waals surface area contributed by atoms with Crippen LogP contribution in [-0.4, -0.2) is 29.7 Å². The van der Waals surface area contributed by atoms with Crippen molar-refractivity contribution < 1.29 is 14.8 Å². The van der Waals surface area contributed by atoms with E-state index in [1.165, 1.54) is 53.5 Å². The van der Waals surface area contributed by atoms with E-state index in [4.69, 9.17) is 0 Å². The zero-order chi connectivity index (χ0) is 41.5. The molecule has 3 N–H and O–H groups in total. The first-order chi connectivity index (χ1) is 27.2. The van der Waals surface area contributed by atoms with E-state index < -0.39 is 14.8 Å². The Kier molecular flexibility index (Phi) is 15.2. The minimum Gasteiger partial charge on any atom is -0.364 e. The van der Waals surface area contributed by atoms with Crippen molar-refractivity contribution in [3.05, 3.63) is 192 Å². The lowest BCUT2D eigenvalue weighted by molar-refractivity contribution is -0.385. The SMILES string of the molecule is Cc1ccc([C@H](C)Nc2ccc([N+](=O)[O-])cn2)cc1.Cc1ccc([C@H](C)Nc2ccc([N+](=O)[O-])cn2)cc1.Cc1ccc([C@H](C)Nc2ccc([N+](=O)[O-])cn2)cc1. The first-order valence-electron chi connectivity index (χ1n) is 18.0.